The maximum absolute atomic E-state index is 13.9. The molecule has 2 aromatic rings. The number of barbiturate groups is 1. The quantitative estimate of drug-likeness (QED) is 0.684. The number of hydrogen-bond acceptors (Lipinski definition) is 3. The summed E-state index contributed by atoms with van der Waals surface area (Å²) in [5, 5.41) is 2.05. The number of hydrogen-bond donors (Lipinski definition) is 1. The van der Waals surface area contributed by atoms with Crippen LogP contribution in [0.2, 0.25) is 0 Å². The van der Waals surface area contributed by atoms with Crippen molar-refractivity contribution < 1.29 is 18.8 Å². The maximum Gasteiger partial charge on any atom is 0.336 e. The van der Waals surface area contributed by atoms with E-state index in [1.54, 1.807) is 30.3 Å². The maximum atomic E-state index is 13.9. The summed E-state index contributed by atoms with van der Waals surface area (Å²) in [6.07, 6.45) is 1.36. The molecule has 1 saturated heterocycles. The predicted molar refractivity (Wildman–Crippen MR) is 81.8 cm³/mol. The van der Waals surface area contributed by atoms with Gasteiger partial charge in [0, 0.05) is 0 Å². The predicted octanol–water partition coefficient (Wildman–Crippen LogP) is 2.49. The molecule has 0 atom stereocenters. The number of rotatable bonds is 2. The summed E-state index contributed by atoms with van der Waals surface area (Å²) >= 11 is 0. The Morgan fingerprint density at radius 2 is 1.57 bits per heavy atom. The molecule has 0 bridgehead atoms. The van der Waals surface area contributed by atoms with E-state index < -0.39 is 23.7 Å². The van der Waals surface area contributed by atoms with Gasteiger partial charge < -0.3 is 0 Å². The first-order valence-electron chi connectivity index (χ1n) is 6.79. The molecule has 1 N–H and O–H groups in total. The number of nitrogens with zero attached hydrogens (tertiary/aromatic N) is 1. The Labute approximate surface area is 131 Å². The lowest BCUT2D eigenvalue weighted by atomic mass is 10.1. The Hall–Kier alpha value is -3.28. The van der Waals surface area contributed by atoms with E-state index in [0.29, 0.717) is 10.5 Å². The van der Waals surface area contributed by atoms with E-state index in [9.17, 15) is 18.8 Å². The molecule has 0 aliphatic carbocycles. The molecule has 1 fully saturated rings. The SMILES string of the molecule is O=C1NC(=O)N(c2ccccc2F)C(=O)/C1=C\c1ccccc1. The first-order valence-corrected chi connectivity index (χ1v) is 6.79. The molecular formula is C17H11FN2O3. The number of anilines is 1. The van der Waals surface area contributed by atoms with E-state index >= 15 is 0 Å². The van der Waals surface area contributed by atoms with Crippen LogP contribution in [0.1, 0.15) is 5.56 Å². The minimum atomic E-state index is -0.977. The normalized spacial score (nSPS) is 16.7. The molecule has 2 aromatic carbocycles. The van der Waals surface area contributed by atoms with Crippen LogP contribution in [0.15, 0.2) is 60.2 Å². The topological polar surface area (TPSA) is 66.5 Å². The van der Waals surface area contributed by atoms with Crippen molar-refractivity contribution in [3.8, 4) is 0 Å². The van der Waals surface area contributed by atoms with E-state index in [2.05, 4.69) is 0 Å². The third kappa shape index (κ3) is 2.74. The van der Waals surface area contributed by atoms with Gasteiger partial charge in [-0.05, 0) is 23.8 Å². The summed E-state index contributed by atoms with van der Waals surface area (Å²) in [7, 11) is 0. The lowest BCUT2D eigenvalue weighted by Crippen LogP contribution is -2.54. The number of imide groups is 2. The van der Waals surface area contributed by atoms with Crippen molar-refractivity contribution in [2.45, 2.75) is 0 Å². The average molecular weight is 310 g/mol. The molecule has 0 saturated carbocycles. The number of para-hydroxylation sites is 1. The smallest absolute Gasteiger partial charge is 0.273 e. The first-order chi connectivity index (χ1) is 11.1. The summed E-state index contributed by atoms with van der Waals surface area (Å²) in [5.41, 5.74) is 0.175. The van der Waals surface area contributed by atoms with Crippen molar-refractivity contribution in [2.75, 3.05) is 4.90 Å². The van der Waals surface area contributed by atoms with Crippen molar-refractivity contribution in [3.63, 3.8) is 0 Å². The van der Waals surface area contributed by atoms with Crippen LogP contribution in [0.3, 0.4) is 0 Å². The molecule has 3 rings (SSSR count). The highest BCUT2D eigenvalue weighted by Gasteiger charge is 2.37. The fraction of sp³-hybridized carbons (Fsp3) is 0. The van der Waals surface area contributed by atoms with Gasteiger partial charge in [-0.1, -0.05) is 42.5 Å². The highest BCUT2D eigenvalue weighted by atomic mass is 19.1. The third-order valence-corrected chi connectivity index (χ3v) is 3.31. The van der Waals surface area contributed by atoms with Crippen LogP contribution in [0.25, 0.3) is 6.08 Å². The van der Waals surface area contributed by atoms with Crippen LogP contribution in [0.5, 0.6) is 0 Å². The lowest BCUT2D eigenvalue weighted by Gasteiger charge is -2.26. The highest BCUT2D eigenvalue weighted by molar-refractivity contribution is 6.39. The first kappa shape index (κ1) is 14.6. The summed E-state index contributed by atoms with van der Waals surface area (Å²) in [5.74, 6) is -2.41. The number of benzene rings is 2. The number of halogens is 1. The van der Waals surface area contributed by atoms with E-state index in [1.807, 2.05) is 5.32 Å². The van der Waals surface area contributed by atoms with Gasteiger partial charge in [0.15, 0.2) is 0 Å². The van der Waals surface area contributed by atoms with E-state index in [0.717, 1.165) is 6.07 Å². The average Bonchev–Trinajstić information content (AvgIpc) is 2.54. The molecule has 114 valence electrons. The Morgan fingerprint density at radius 3 is 2.26 bits per heavy atom. The summed E-state index contributed by atoms with van der Waals surface area (Å²) in [6.45, 7) is 0. The summed E-state index contributed by atoms with van der Waals surface area (Å²) in [4.78, 5) is 37.0. The second kappa shape index (κ2) is 5.84. The highest BCUT2D eigenvalue weighted by Crippen LogP contribution is 2.24. The largest absolute Gasteiger partial charge is 0.336 e. The van der Waals surface area contributed by atoms with Crippen molar-refractivity contribution >= 4 is 29.6 Å². The molecular weight excluding hydrogens is 299 g/mol. The van der Waals surface area contributed by atoms with Crippen LogP contribution in [0.4, 0.5) is 14.9 Å². The van der Waals surface area contributed by atoms with Gasteiger partial charge in [0.1, 0.15) is 11.4 Å². The van der Waals surface area contributed by atoms with Gasteiger partial charge in [0.05, 0.1) is 5.69 Å². The van der Waals surface area contributed by atoms with Gasteiger partial charge in [-0.25, -0.2) is 14.1 Å². The number of nitrogens with one attached hydrogen (secondary N) is 1. The summed E-state index contributed by atoms with van der Waals surface area (Å²) in [6, 6.07) is 13.1. The lowest BCUT2D eigenvalue weighted by molar-refractivity contribution is -0.122. The van der Waals surface area contributed by atoms with Crippen LogP contribution >= 0.6 is 0 Å². The van der Waals surface area contributed by atoms with Crippen LogP contribution < -0.4 is 10.2 Å². The molecule has 4 amide bonds. The van der Waals surface area contributed by atoms with Crippen LogP contribution in [0, 0.1) is 5.82 Å². The number of urea groups is 1. The van der Waals surface area contributed by atoms with Crippen LogP contribution in [-0.2, 0) is 9.59 Å². The van der Waals surface area contributed by atoms with E-state index in [1.165, 1.54) is 24.3 Å². The Kier molecular flexibility index (Phi) is 3.72. The fourth-order valence-electron chi connectivity index (χ4n) is 2.23. The zero-order valence-electron chi connectivity index (χ0n) is 11.8. The van der Waals surface area contributed by atoms with Gasteiger partial charge in [-0.3, -0.25) is 14.9 Å². The van der Waals surface area contributed by atoms with Crippen molar-refractivity contribution in [1.29, 1.82) is 0 Å². The molecule has 1 aliphatic heterocycles. The second-order valence-corrected chi connectivity index (χ2v) is 4.82. The van der Waals surface area contributed by atoms with Gasteiger partial charge in [0.2, 0.25) is 0 Å². The van der Waals surface area contributed by atoms with Crippen molar-refractivity contribution in [2.24, 2.45) is 0 Å². The molecule has 23 heavy (non-hydrogen) atoms. The molecule has 0 spiro atoms. The Morgan fingerprint density at radius 1 is 0.913 bits per heavy atom. The van der Waals surface area contributed by atoms with Gasteiger partial charge in [-0.15, -0.1) is 0 Å². The van der Waals surface area contributed by atoms with Crippen molar-refractivity contribution in [1.82, 2.24) is 5.32 Å². The molecule has 5 nitrogen and oxygen atoms in total. The molecule has 0 radical (unpaired) electrons. The second-order valence-electron chi connectivity index (χ2n) is 4.82. The number of carbonyl (C=O) groups is 3. The Balaban J connectivity index is 2.05. The molecule has 1 heterocycles. The third-order valence-electron chi connectivity index (χ3n) is 3.31. The van der Waals surface area contributed by atoms with Gasteiger partial charge in [0.25, 0.3) is 11.8 Å². The van der Waals surface area contributed by atoms with Crippen LogP contribution in [-0.4, -0.2) is 17.8 Å². The number of amides is 4. The van der Waals surface area contributed by atoms with E-state index in [4.69, 9.17) is 0 Å². The minimum Gasteiger partial charge on any atom is -0.273 e. The molecule has 0 unspecified atom stereocenters. The molecule has 6 heteroatoms. The number of carbonyl (C=O) groups excluding carboxylic acids is 3. The zero-order valence-corrected chi connectivity index (χ0v) is 11.8. The zero-order chi connectivity index (χ0) is 16.4. The fourth-order valence-corrected chi connectivity index (χ4v) is 2.23. The Bertz CT molecular complexity index is 831. The van der Waals surface area contributed by atoms with Crippen molar-refractivity contribution in [3.05, 3.63) is 71.6 Å². The molecule has 0 aromatic heterocycles. The van der Waals surface area contributed by atoms with Gasteiger partial charge in [-0.2, -0.15) is 0 Å². The minimum absolute atomic E-state index is 0.207. The monoisotopic (exact) mass is 310 g/mol. The molecule has 1 aliphatic rings. The van der Waals surface area contributed by atoms with E-state index in [-0.39, 0.29) is 11.3 Å². The van der Waals surface area contributed by atoms with Gasteiger partial charge >= 0.3 is 6.03 Å². The standard InChI is InChI=1S/C17H11FN2O3/c18-13-8-4-5-9-14(13)20-16(22)12(15(21)19-17(20)23)10-11-6-2-1-3-7-11/h1-10H,(H,19,21,23)/b12-10-. The summed E-state index contributed by atoms with van der Waals surface area (Å²) < 4.78 is 13.9.